The molecule has 6 atom stereocenters. The Morgan fingerprint density at radius 2 is 1.59 bits per heavy atom. The van der Waals surface area contributed by atoms with Crippen LogP contribution in [-0.4, -0.2) is 43.4 Å². The monoisotopic (exact) mass is 652 g/mol. The van der Waals surface area contributed by atoms with Gasteiger partial charge in [0.15, 0.2) is 9.75 Å². The minimum atomic E-state index is -2.11. The average Bonchev–Trinajstić information content (AvgIpc) is 3.32. The largest absolute Gasteiger partial charge is 0.508 e. The summed E-state index contributed by atoms with van der Waals surface area (Å²) in [4.78, 5) is 54.2. The lowest BCUT2D eigenvalue weighted by molar-refractivity contribution is -0.141. The van der Waals surface area contributed by atoms with Crippen molar-refractivity contribution >= 4 is 64.1 Å². The van der Waals surface area contributed by atoms with Crippen molar-refractivity contribution in [3.63, 3.8) is 0 Å². The molecule has 11 heteroatoms. The highest BCUT2D eigenvalue weighted by molar-refractivity contribution is 6.58. The van der Waals surface area contributed by atoms with Gasteiger partial charge < -0.3 is 5.11 Å². The van der Waals surface area contributed by atoms with Crippen molar-refractivity contribution in [2.24, 2.45) is 17.8 Å². The first kappa shape index (κ1) is 29.0. The van der Waals surface area contributed by atoms with Crippen molar-refractivity contribution in [2.75, 3.05) is 4.90 Å². The molecule has 0 bridgehead atoms. The van der Waals surface area contributed by atoms with Gasteiger partial charge in [-0.25, -0.2) is 9.29 Å². The lowest BCUT2D eigenvalue weighted by atomic mass is 9.56. The van der Waals surface area contributed by atoms with Crippen LogP contribution in [0.25, 0.3) is 0 Å². The molecule has 3 aromatic carbocycles. The van der Waals surface area contributed by atoms with E-state index in [0.29, 0.717) is 11.1 Å². The SMILES string of the molecule is O=C1[C@H]2[C@H](CC=C3[C@H]2C[C@@]2(Cl)C(=O)N(c4ccc(F)cc4)C(=O)[C@@]2(Cl)[C@H]3c2ccc(O)cc2Cl)C(=O)N1Cc1ccccc1. The molecule has 3 aromatic rings. The Kier molecular flexibility index (Phi) is 6.70. The summed E-state index contributed by atoms with van der Waals surface area (Å²) in [5.41, 5.74) is 1.79. The maximum absolute atomic E-state index is 14.3. The summed E-state index contributed by atoms with van der Waals surface area (Å²) in [5, 5.41) is 10.2. The Bertz CT molecular complexity index is 1780. The van der Waals surface area contributed by atoms with Crippen molar-refractivity contribution in [1.82, 2.24) is 4.90 Å². The molecule has 2 saturated heterocycles. The molecule has 224 valence electrons. The molecule has 7 rings (SSSR count). The van der Waals surface area contributed by atoms with E-state index in [2.05, 4.69) is 0 Å². The van der Waals surface area contributed by atoms with Crippen molar-refractivity contribution in [3.05, 3.63) is 106 Å². The maximum Gasteiger partial charge on any atom is 0.258 e. The number of alkyl halides is 2. The van der Waals surface area contributed by atoms with Crippen LogP contribution < -0.4 is 4.90 Å². The van der Waals surface area contributed by atoms with Gasteiger partial charge in [-0.05, 0) is 66.3 Å². The van der Waals surface area contributed by atoms with Crippen LogP contribution in [0.3, 0.4) is 0 Å². The Balaban J connectivity index is 1.38. The number of halogens is 4. The normalized spacial score (nSPS) is 31.1. The molecular formula is C33H24Cl3FN2O5. The molecule has 4 aliphatic rings. The molecule has 1 N–H and O–H groups in total. The minimum absolute atomic E-state index is 0.0812. The number of hydrogen-bond acceptors (Lipinski definition) is 5. The second-order valence-electron chi connectivity index (χ2n) is 11.7. The molecule has 4 amide bonds. The number of likely N-dealkylation sites (tertiary alicyclic amines) is 1. The third-order valence-corrected chi connectivity index (χ3v) is 11.2. The number of anilines is 1. The van der Waals surface area contributed by atoms with Crippen molar-refractivity contribution in [1.29, 1.82) is 0 Å². The molecule has 0 spiro atoms. The van der Waals surface area contributed by atoms with E-state index in [0.717, 1.165) is 22.6 Å². The molecule has 2 aliphatic heterocycles. The first-order valence-electron chi connectivity index (χ1n) is 14.1. The summed E-state index contributed by atoms with van der Waals surface area (Å²) in [6, 6.07) is 18.2. The number of aromatic hydroxyl groups is 1. The number of rotatable bonds is 4. The summed E-state index contributed by atoms with van der Waals surface area (Å²) in [5.74, 6) is -6.37. The zero-order valence-corrected chi connectivity index (χ0v) is 25.2. The number of fused-ring (bicyclic) bond motifs is 4. The standard InChI is InChI=1S/C33H24Cl3FN2O5/c34-25-14-20(40)10-11-22(25)27-21-12-13-23-26(29(42)38(28(23)41)16-17-4-2-1-3-5-17)24(21)15-32(35)30(43)39(31(44)33(27,32)36)19-8-6-18(37)7-9-19/h1-12,14,23-24,26-27,40H,13,15-16H2/t23-,24+,26-,27+,32+,33-/m0/s1. The fourth-order valence-electron chi connectivity index (χ4n) is 7.48. The lowest BCUT2D eigenvalue weighted by Gasteiger charge is -2.50. The van der Waals surface area contributed by atoms with Crippen LogP contribution in [0.4, 0.5) is 10.1 Å². The number of phenolic OH excluding ortho intramolecular Hbond substituents is 1. The van der Waals surface area contributed by atoms with E-state index in [9.17, 15) is 28.7 Å². The fraction of sp³-hybridized carbons (Fsp3) is 0.273. The van der Waals surface area contributed by atoms with Crippen molar-refractivity contribution in [2.45, 2.75) is 35.1 Å². The zero-order valence-electron chi connectivity index (χ0n) is 22.9. The third-order valence-electron chi connectivity index (χ3n) is 9.47. The fourth-order valence-corrected chi connectivity index (χ4v) is 8.69. The van der Waals surface area contributed by atoms with Gasteiger partial charge in [-0.2, -0.15) is 0 Å². The van der Waals surface area contributed by atoms with Crippen LogP contribution in [-0.2, 0) is 25.7 Å². The summed E-state index contributed by atoms with van der Waals surface area (Å²) < 4.78 is 13.8. The molecular weight excluding hydrogens is 630 g/mol. The predicted molar refractivity (Wildman–Crippen MR) is 162 cm³/mol. The molecule has 0 aromatic heterocycles. The smallest absolute Gasteiger partial charge is 0.258 e. The molecule has 0 unspecified atom stereocenters. The Labute approximate surface area is 266 Å². The first-order valence-corrected chi connectivity index (χ1v) is 15.2. The Morgan fingerprint density at radius 1 is 0.886 bits per heavy atom. The number of phenols is 1. The summed E-state index contributed by atoms with van der Waals surface area (Å²) in [7, 11) is 0. The van der Waals surface area contributed by atoms with Gasteiger partial charge in [0.1, 0.15) is 11.6 Å². The van der Waals surface area contributed by atoms with Gasteiger partial charge in [0, 0.05) is 10.9 Å². The van der Waals surface area contributed by atoms with E-state index < -0.39 is 51.1 Å². The van der Waals surface area contributed by atoms with Crippen LogP contribution in [0, 0.1) is 23.6 Å². The second kappa shape index (κ2) is 10.2. The highest BCUT2D eigenvalue weighted by atomic mass is 35.5. The number of carbonyl (C=O) groups excluding carboxylic acids is 4. The number of nitrogens with zero attached hydrogens (tertiary/aromatic N) is 2. The molecule has 2 heterocycles. The Morgan fingerprint density at radius 3 is 2.27 bits per heavy atom. The molecule has 44 heavy (non-hydrogen) atoms. The molecule has 3 fully saturated rings. The van der Waals surface area contributed by atoms with Gasteiger partial charge >= 0.3 is 0 Å². The van der Waals surface area contributed by atoms with Gasteiger partial charge in [-0.1, -0.05) is 59.6 Å². The Hall–Kier alpha value is -3.72. The molecule has 7 nitrogen and oxygen atoms in total. The van der Waals surface area contributed by atoms with Gasteiger partial charge in [0.05, 0.1) is 24.1 Å². The predicted octanol–water partition coefficient (Wildman–Crippen LogP) is 5.95. The van der Waals surface area contributed by atoms with Crippen LogP contribution in [0.5, 0.6) is 5.75 Å². The van der Waals surface area contributed by atoms with Crippen LogP contribution in [0.2, 0.25) is 5.02 Å². The van der Waals surface area contributed by atoms with Crippen LogP contribution in [0.15, 0.2) is 84.4 Å². The number of hydrogen-bond donors (Lipinski definition) is 1. The number of amides is 4. The van der Waals surface area contributed by atoms with Gasteiger partial charge in [-0.3, -0.25) is 24.1 Å². The highest BCUT2D eigenvalue weighted by Gasteiger charge is 2.76. The van der Waals surface area contributed by atoms with E-state index in [4.69, 9.17) is 34.8 Å². The van der Waals surface area contributed by atoms with Gasteiger partial charge in [0.25, 0.3) is 11.8 Å². The van der Waals surface area contributed by atoms with E-state index in [1.54, 1.807) is 0 Å². The highest BCUT2D eigenvalue weighted by Crippen LogP contribution is 2.66. The second-order valence-corrected chi connectivity index (χ2v) is 13.4. The number of allylic oxidation sites excluding steroid dienone is 2. The van der Waals surface area contributed by atoms with Crippen molar-refractivity contribution in [3.8, 4) is 5.75 Å². The van der Waals surface area contributed by atoms with E-state index in [1.807, 2.05) is 36.4 Å². The quantitative estimate of drug-likeness (QED) is 0.214. The van der Waals surface area contributed by atoms with E-state index in [1.165, 1.54) is 35.2 Å². The van der Waals surface area contributed by atoms with Crippen LogP contribution >= 0.6 is 34.8 Å². The minimum Gasteiger partial charge on any atom is -0.508 e. The summed E-state index contributed by atoms with van der Waals surface area (Å²) >= 11 is 21.3. The first-order chi connectivity index (χ1) is 21.0. The van der Waals surface area contributed by atoms with Gasteiger partial charge in [-0.15, -0.1) is 23.2 Å². The molecule has 0 radical (unpaired) electrons. The maximum atomic E-state index is 14.3. The number of benzene rings is 3. The van der Waals surface area contributed by atoms with Crippen molar-refractivity contribution < 1.29 is 28.7 Å². The average molecular weight is 654 g/mol. The number of carbonyl (C=O) groups is 4. The summed E-state index contributed by atoms with van der Waals surface area (Å²) in [6.07, 6.45) is 1.83. The van der Waals surface area contributed by atoms with Crippen LogP contribution in [0.1, 0.15) is 29.9 Å². The molecule has 2 aliphatic carbocycles. The topological polar surface area (TPSA) is 95.0 Å². The zero-order chi connectivity index (χ0) is 31.1. The van der Waals surface area contributed by atoms with E-state index >= 15 is 0 Å². The van der Waals surface area contributed by atoms with E-state index in [-0.39, 0.29) is 47.7 Å². The molecule has 1 saturated carbocycles. The summed E-state index contributed by atoms with van der Waals surface area (Å²) in [6.45, 7) is 0.0992. The lowest BCUT2D eigenvalue weighted by Crippen LogP contribution is -2.60. The third kappa shape index (κ3) is 3.93. The van der Waals surface area contributed by atoms with Gasteiger partial charge in [0.2, 0.25) is 11.8 Å². The number of imide groups is 2.